The fourth-order valence-corrected chi connectivity index (χ4v) is 3.31. The van der Waals surface area contributed by atoms with Crippen molar-refractivity contribution in [2.24, 2.45) is 5.92 Å². The van der Waals surface area contributed by atoms with E-state index >= 15 is 0 Å². The second-order valence-electron chi connectivity index (χ2n) is 8.47. The Morgan fingerprint density at radius 1 is 0.861 bits per heavy atom. The molecule has 0 heterocycles. The summed E-state index contributed by atoms with van der Waals surface area (Å²) in [5.41, 5.74) is 2.39. The molecule has 36 heavy (non-hydrogen) atoms. The van der Waals surface area contributed by atoms with Crippen molar-refractivity contribution in [3.05, 3.63) is 83.4 Å². The van der Waals surface area contributed by atoms with E-state index < -0.39 is 6.09 Å². The van der Waals surface area contributed by atoms with Gasteiger partial charge in [0.15, 0.2) is 11.5 Å². The van der Waals surface area contributed by atoms with E-state index in [1.807, 2.05) is 50.2 Å². The van der Waals surface area contributed by atoms with Gasteiger partial charge in [-0.1, -0.05) is 50.2 Å². The molecule has 2 N–H and O–H groups in total. The van der Waals surface area contributed by atoms with Crippen LogP contribution < -0.4 is 24.8 Å². The summed E-state index contributed by atoms with van der Waals surface area (Å²) in [6.07, 6.45) is -0.629. The van der Waals surface area contributed by atoms with Crippen molar-refractivity contribution in [1.29, 1.82) is 0 Å². The first kappa shape index (κ1) is 26.4. The normalized spacial score (nSPS) is 10.5. The number of amides is 2. The van der Waals surface area contributed by atoms with Gasteiger partial charge in [-0.3, -0.25) is 10.1 Å². The zero-order valence-electron chi connectivity index (χ0n) is 21.0. The van der Waals surface area contributed by atoms with Gasteiger partial charge in [-0.15, -0.1) is 0 Å². The molecule has 0 aliphatic heterocycles. The lowest BCUT2D eigenvalue weighted by Gasteiger charge is -2.15. The molecule has 190 valence electrons. The van der Waals surface area contributed by atoms with Crippen LogP contribution in [0.25, 0.3) is 0 Å². The molecule has 3 aromatic carbocycles. The lowest BCUT2D eigenvalue weighted by molar-refractivity contribution is 0.0951. The van der Waals surface area contributed by atoms with E-state index in [2.05, 4.69) is 10.6 Å². The topological polar surface area (TPSA) is 95.1 Å². The molecule has 0 saturated carbocycles. The minimum Gasteiger partial charge on any atom is -0.493 e. The van der Waals surface area contributed by atoms with Gasteiger partial charge in [0.05, 0.1) is 32.1 Å². The molecule has 0 bridgehead atoms. The largest absolute Gasteiger partial charge is 0.493 e. The van der Waals surface area contributed by atoms with E-state index in [-0.39, 0.29) is 30.5 Å². The Labute approximate surface area is 211 Å². The molecule has 3 aromatic rings. The Balaban J connectivity index is 1.77. The number of hydrogen-bond donors (Lipinski definition) is 2. The van der Waals surface area contributed by atoms with Crippen molar-refractivity contribution in [3.63, 3.8) is 0 Å². The lowest BCUT2D eigenvalue weighted by atomic mass is 10.1. The fourth-order valence-electron chi connectivity index (χ4n) is 3.31. The summed E-state index contributed by atoms with van der Waals surface area (Å²) in [5.74, 6) is 1.47. The third-order valence-electron chi connectivity index (χ3n) is 5.17. The summed E-state index contributed by atoms with van der Waals surface area (Å²) in [5, 5.41) is 5.55. The number of anilines is 1. The molecular weight excluding hydrogens is 460 g/mol. The highest BCUT2D eigenvalue weighted by Crippen LogP contribution is 2.28. The molecule has 0 aliphatic carbocycles. The van der Waals surface area contributed by atoms with E-state index in [9.17, 15) is 9.59 Å². The fraction of sp³-hybridized carbons (Fsp3) is 0.286. The van der Waals surface area contributed by atoms with Gasteiger partial charge in [0.25, 0.3) is 5.91 Å². The summed E-state index contributed by atoms with van der Waals surface area (Å²) >= 11 is 0. The van der Waals surface area contributed by atoms with Crippen LogP contribution in [-0.2, 0) is 17.9 Å². The number of methoxy groups -OCH3 is 2. The van der Waals surface area contributed by atoms with Crippen molar-refractivity contribution in [1.82, 2.24) is 5.32 Å². The van der Waals surface area contributed by atoms with E-state index in [4.69, 9.17) is 18.9 Å². The van der Waals surface area contributed by atoms with Crippen LogP contribution in [0.1, 0.15) is 35.3 Å². The number of carbonyl (C=O) groups is 2. The van der Waals surface area contributed by atoms with Crippen molar-refractivity contribution in [2.75, 3.05) is 26.1 Å². The number of rotatable bonds is 11. The molecule has 3 rings (SSSR count). The van der Waals surface area contributed by atoms with Gasteiger partial charge in [-0.2, -0.15) is 0 Å². The molecule has 2 amide bonds. The molecule has 0 saturated heterocycles. The Morgan fingerprint density at radius 2 is 1.61 bits per heavy atom. The second kappa shape index (κ2) is 13.0. The number of nitrogens with one attached hydrogen (secondary N) is 2. The van der Waals surface area contributed by atoms with Crippen LogP contribution in [0.3, 0.4) is 0 Å². The SMILES string of the molecule is COc1ccc(CNC(=O)c2cc(OCc3ccccc3)ccc2NC(=O)OCC(C)C)cc1OC. The summed E-state index contributed by atoms with van der Waals surface area (Å²) in [7, 11) is 3.12. The standard InChI is InChI=1S/C28H32N2O6/c1-19(2)17-36-28(32)30-24-12-11-22(35-18-20-8-6-5-7-9-20)15-23(24)27(31)29-16-21-10-13-25(33-3)26(14-21)34-4/h5-15,19H,16-18H2,1-4H3,(H,29,31)(H,30,32). The third-order valence-corrected chi connectivity index (χ3v) is 5.17. The molecule has 0 spiro atoms. The van der Waals surface area contributed by atoms with Gasteiger partial charge >= 0.3 is 6.09 Å². The Hall–Kier alpha value is -4.20. The third kappa shape index (κ3) is 7.66. The van der Waals surface area contributed by atoms with Crippen LogP contribution in [0, 0.1) is 5.92 Å². The first-order chi connectivity index (χ1) is 17.4. The van der Waals surface area contributed by atoms with Gasteiger partial charge in [0.2, 0.25) is 0 Å². The van der Waals surface area contributed by atoms with Gasteiger partial charge in [-0.05, 0) is 47.4 Å². The number of carbonyl (C=O) groups excluding carboxylic acids is 2. The van der Waals surface area contributed by atoms with Crippen LogP contribution in [0.5, 0.6) is 17.2 Å². The van der Waals surface area contributed by atoms with E-state index in [1.165, 1.54) is 0 Å². The first-order valence-corrected chi connectivity index (χ1v) is 11.6. The van der Waals surface area contributed by atoms with Crippen LogP contribution >= 0.6 is 0 Å². The van der Waals surface area contributed by atoms with Gasteiger partial charge in [-0.25, -0.2) is 4.79 Å². The molecule has 0 aromatic heterocycles. The summed E-state index contributed by atoms with van der Waals surface area (Å²) in [6.45, 7) is 4.74. The molecule has 8 nitrogen and oxygen atoms in total. The van der Waals surface area contributed by atoms with Crippen LogP contribution in [0.15, 0.2) is 66.7 Å². The average molecular weight is 493 g/mol. The molecule has 0 aliphatic rings. The quantitative estimate of drug-likeness (QED) is 0.371. The van der Waals surface area contributed by atoms with Crippen molar-refractivity contribution in [3.8, 4) is 17.2 Å². The summed E-state index contributed by atoms with van der Waals surface area (Å²) < 4.78 is 21.7. The minimum absolute atomic E-state index is 0.189. The van der Waals surface area contributed by atoms with E-state index in [1.54, 1.807) is 44.6 Å². The smallest absolute Gasteiger partial charge is 0.411 e. The molecule has 0 radical (unpaired) electrons. The van der Waals surface area contributed by atoms with Gasteiger partial charge < -0.3 is 24.3 Å². The first-order valence-electron chi connectivity index (χ1n) is 11.6. The van der Waals surface area contributed by atoms with Crippen LogP contribution in [0.4, 0.5) is 10.5 Å². The highest BCUT2D eigenvalue weighted by molar-refractivity contribution is 6.03. The second-order valence-corrected chi connectivity index (χ2v) is 8.47. The van der Waals surface area contributed by atoms with Crippen molar-refractivity contribution < 1.29 is 28.5 Å². The minimum atomic E-state index is -0.629. The highest BCUT2D eigenvalue weighted by atomic mass is 16.5. The molecule has 0 atom stereocenters. The maximum atomic E-state index is 13.2. The number of ether oxygens (including phenoxy) is 4. The van der Waals surface area contributed by atoms with E-state index in [0.29, 0.717) is 29.5 Å². The Bertz CT molecular complexity index is 1160. The predicted molar refractivity (Wildman–Crippen MR) is 138 cm³/mol. The average Bonchev–Trinajstić information content (AvgIpc) is 2.90. The predicted octanol–water partition coefficient (Wildman–Crippen LogP) is 5.42. The van der Waals surface area contributed by atoms with Gasteiger partial charge in [0, 0.05) is 6.54 Å². The van der Waals surface area contributed by atoms with E-state index in [0.717, 1.165) is 11.1 Å². The van der Waals surface area contributed by atoms with Crippen LogP contribution in [0.2, 0.25) is 0 Å². The lowest BCUT2D eigenvalue weighted by Crippen LogP contribution is -2.25. The zero-order chi connectivity index (χ0) is 25.9. The maximum Gasteiger partial charge on any atom is 0.411 e. The molecule has 0 fully saturated rings. The Kier molecular flexibility index (Phi) is 9.56. The molecular formula is C28H32N2O6. The number of benzene rings is 3. The molecule has 8 heteroatoms. The summed E-state index contributed by atoms with van der Waals surface area (Å²) in [4.78, 5) is 25.5. The number of hydrogen-bond acceptors (Lipinski definition) is 6. The Morgan fingerprint density at radius 3 is 2.31 bits per heavy atom. The molecule has 0 unspecified atom stereocenters. The maximum absolute atomic E-state index is 13.2. The van der Waals surface area contributed by atoms with Crippen molar-refractivity contribution >= 4 is 17.7 Å². The monoisotopic (exact) mass is 492 g/mol. The summed E-state index contributed by atoms with van der Waals surface area (Å²) in [6, 6.07) is 20.0. The van der Waals surface area contributed by atoms with Crippen LogP contribution in [-0.4, -0.2) is 32.8 Å². The zero-order valence-corrected chi connectivity index (χ0v) is 21.0. The highest BCUT2D eigenvalue weighted by Gasteiger charge is 2.17. The van der Waals surface area contributed by atoms with Gasteiger partial charge in [0.1, 0.15) is 12.4 Å². The van der Waals surface area contributed by atoms with Crippen molar-refractivity contribution in [2.45, 2.75) is 27.0 Å².